The molecule has 0 bridgehead atoms. The van der Waals surface area contributed by atoms with E-state index >= 15 is 0 Å². The molecule has 2 amide bonds. The summed E-state index contributed by atoms with van der Waals surface area (Å²) in [5, 5.41) is 10.5. The Balaban J connectivity index is 1.73. The van der Waals surface area contributed by atoms with Gasteiger partial charge in [-0.15, -0.1) is 0 Å². The number of anilines is 1. The Morgan fingerprint density at radius 1 is 1.24 bits per heavy atom. The molecule has 0 spiro atoms. The van der Waals surface area contributed by atoms with Crippen LogP contribution in [0.5, 0.6) is 0 Å². The highest BCUT2D eigenvalue weighted by molar-refractivity contribution is 6.30. The molecule has 1 heterocycles. The van der Waals surface area contributed by atoms with Gasteiger partial charge in [0, 0.05) is 29.6 Å². The quantitative estimate of drug-likeness (QED) is 0.703. The summed E-state index contributed by atoms with van der Waals surface area (Å²) >= 11 is 5.79. The fourth-order valence-corrected chi connectivity index (χ4v) is 2.42. The first kappa shape index (κ1) is 19.0. The molecule has 0 aliphatic carbocycles. The van der Waals surface area contributed by atoms with E-state index in [-0.39, 0.29) is 17.9 Å². The summed E-state index contributed by atoms with van der Waals surface area (Å²) in [6, 6.07) is 8.69. The third-order valence-corrected chi connectivity index (χ3v) is 4.17. The maximum Gasteiger partial charge on any atom is 0.251 e. The fourth-order valence-electron chi connectivity index (χ4n) is 2.30. The Bertz CT molecular complexity index is 712. The number of hydrogen-bond acceptors (Lipinski definition) is 3. The van der Waals surface area contributed by atoms with Gasteiger partial charge in [0.25, 0.3) is 5.91 Å². The maximum atomic E-state index is 12.0. The van der Waals surface area contributed by atoms with Gasteiger partial charge in [-0.1, -0.05) is 18.5 Å². The lowest BCUT2D eigenvalue weighted by Crippen LogP contribution is -2.25. The lowest BCUT2D eigenvalue weighted by molar-refractivity contribution is -0.116. The number of carbonyl (C=O) groups is 2. The zero-order valence-electron chi connectivity index (χ0n) is 14.5. The van der Waals surface area contributed by atoms with E-state index in [1.54, 1.807) is 41.2 Å². The van der Waals surface area contributed by atoms with Crippen molar-refractivity contribution in [2.75, 3.05) is 11.9 Å². The van der Waals surface area contributed by atoms with Gasteiger partial charge in [0.2, 0.25) is 5.91 Å². The number of amides is 2. The minimum atomic E-state index is -0.174. The standard InChI is InChI=1S/C18H23ClN4O2/c1-3-13(2)23-16(10-12-21-23)22-17(24)5-4-11-20-18(25)14-6-8-15(19)9-7-14/h6-10,12-13H,3-5,11H2,1-2H3,(H,20,25)(H,22,24)/t13-/m1/s1. The van der Waals surface area contributed by atoms with Crippen LogP contribution in [0, 0.1) is 0 Å². The fraction of sp³-hybridized carbons (Fsp3) is 0.389. The summed E-state index contributed by atoms with van der Waals surface area (Å²) < 4.78 is 1.81. The molecule has 0 saturated heterocycles. The summed E-state index contributed by atoms with van der Waals surface area (Å²) in [7, 11) is 0. The van der Waals surface area contributed by atoms with Crippen molar-refractivity contribution in [2.45, 2.75) is 39.2 Å². The van der Waals surface area contributed by atoms with Gasteiger partial charge in [-0.05, 0) is 44.0 Å². The number of carbonyl (C=O) groups excluding carboxylic acids is 2. The van der Waals surface area contributed by atoms with E-state index < -0.39 is 0 Å². The van der Waals surface area contributed by atoms with Crippen molar-refractivity contribution >= 4 is 29.2 Å². The number of nitrogens with one attached hydrogen (secondary N) is 2. The predicted molar refractivity (Wildman–Crippen MR) is 98.9 cm³/mol. The second-order valence-electron chi connectivity index (χ2n) is 5.83. The topological polar surface area (TPSA) is 76.0 Å². The molecular formula is C18H23ClN4O2. The normalized spacial score (nSPS) is 11.8. The molecule has 1 atom stereocenters. The molecule has 0 saturated carbocycles. The highest BCUT2D eigenvalue weighted by Crippen LogP contribution is 2.16. The van der Waals surface area contributed by atoms with Crippen molar-refractivity contribution in [3.05, 3.63) is 47.1 Å². The average Bonchev–Trinajstić information content (AvgIpc) is 3.06. The van der Waals surface area contributed by atoms with Crippen LogP contribution in [0.2, 0.25) is 5.02 Å². The summed E-state index contributed by atoms with van der Waals surface area (Å²) in [5.41, 5.74) is 0.548. The zero-order valence-corrected chi connectivity index (χ0v) is 15.2. The van der Waals surface area contributed by atoms with Gasteiger partial charge in [0.15, 0.2) is 0 Å². The van der Waals surface area contributed by atoms with E-state index in [2.05, 4.69) is 29.6 Å². The molecule has 1 aromatic carbocycles. The Hall–Kier alpha value is -2.34. The second kappa shape index (κ2) is 9.22. The molecule has 6 nitrogen and oxygen atoms in total. The van der Waals surface area contributed by atoms with Crippen LogP contribution in [0.3, 0.4) is 0 Å². The Morgan fingerprint density at radius 3 is 2.64 bits per heavy atom. The van der Waals surface area contributed by atoms with Crippen molar-refractivity contribution in [1.82, 2.24) is 15.1 Å². The molecule has 25 heavy (non-hydrogen) atoms. The second-order valence-corrected chi connectivity index (χ2v) is 6.27. The van der Waals surface area contributed by atoms with Crippen molar-refractivity contribution in [3.8, 4) is 0 Å². The van der Waals surface area contributed by atoms with Crippen LogP contribution in [-0.4, -0.2) is 28.1 Å². The van der Waals surface area contributed by atoms with E-state index in [1.807, 2.05) is 0 Å². The van der Waals surface area contributed by atoms with Gasteiger partial charge in [-0.25, -0.2) is 4.68 Å². The maximum absolute atomic E-state index is 12.0. The van der Waals surface area contributed by atoms with Crippen LogP contribution in [0.25, 0.3) is 0 Å². The third-order valence-electron chi connectivity index (χ3n) is 3.92. The molecule has 2 N–H and O–H groups in total. The Morgan fingerprint density at radius 2 is 1.96 bits per heavy atom. The molecular weight excluding hydrogens is 340 g/mol. The van der Waals surface area contributed by atoms with Crippen LogP contribution >= 0.6 is 11.6 Å². The van der Waals surface area contributed by atoms with Gasteiger partial charge in [-0.2, -0.15) is 5.10 Å². The van der Waals surface area contributed by atoms with Crippen molar-refractivity contribution in [3.63, 3.8) is 0 Å². The molecule has 0 fully saturated rings. The number of benzene rings is 1. The minimum absolute atomic E-state index is 0.0919. The van der Waals surface area contributed by atoms with E-state index in [9.17, 15) is 9.59 Å². The summed E-state index contributed by atoms with van der Waals surface area (Å²) in [4.78, 5) is 24.0. The first-order valence-corrected chi connectivity index (χ1v) is 8.76. The number of halogens is 1. The lowest BCUT2D eigenvalue weighted by atomic mass is 10.2. The molecule has 7 heteroatoms. The molecule has 0 radical (unpaired) electrons. The predicted octanol–water partition coefficient (Wildman–Crippen LogP) is 3.66. The van der Waals surface area contributed by atoms with Crippen molar-refractivity contribution < 1.29 is 9.59 Å². The largest absolute Gasteiger partial charge is 0.352 e. The number of aromatic nitrogens is 2. The Kier molecular flexibility index (Phi) is 7.01. The molecule has 2 aromatic rings. The first-order chi connectivity index (χ1) is 12.0. The van der Waals surface area contributed by atoms with Crippen LogP contribution in [0.4, 0.5) is 5.82 Å². The third kappa shape index (κ3) is 5.60. The van der Waals surface area contributed by atoms with Crippen LogP contribution in [0.1, 0.15) is 49.5 Å². The molecule has 1 aromatic heterocycles. The smallest absolute Gasteiger partial charge is 0.251 e. The molecule has 0 aliphatic heterocycles. The zero-order chi connectivity index (χ0) is 18.2. The summed E-state index contributed by atoms with van der Waals surface area (Å²) in [5.74, 6) is 0.433. The van der Waals surface area contributed by atoms with E-state index in [4.69, 9.17) is 11.6 Å². The average molecular weight is 363 g/mol. The van der Waals surface area contributed by atoms with Crippen LogP contribution < -0.4 is 10.6 Å². The highest BCUT2D eigenvalue weighted by Gasteiger charge is 2.11. The SMILES string of the molecule is CC[C@@H](C)n1nccc1NC(=O)CCCNC(=O)c1ccc(Cl)cc1. The van der Waals surface area contributed by atoms with Gasteiger partial charge in [-0.3, -0.25) is 9.59 Å². The summed E-state index contributed by atoms with van der Waals surface area (Å²) in [6.07, 6.45) is 3.49. The number of rotatable bonds is 8. The minimum Gasteiger partial charge on any atom is -0.352 e. The van der Waals surface area contributed by atoms with Crippen molar-refractivity contribution in [2.24, 2.45) is 0 Å². The molecule has 134 valence electrons. The summed E-state index contributed by atoms with van der Waals surface area (Å²) in [6.45, 7) is 4.55. The first-order valence-electron chi connectivity index (χ1n) is 8.38. The molecule has 0 unspecified atom stereocenters. The van der Waals surface area contributed by atoms with Gasteiger partial charge >= 0.3 is 0 Å². The molecule has 2 rings (SSSR count). The van der Waals surface area contributed by atoms with Crippen molar-refractivity contribution in [1.29, 1.82) is 0 Å². The van der Waals surface area contributed by atoms with E-state index in [1.165, 1.54) is 0 Å². The van der Waals surface area contributed by atoms with Crippen LogP contribution in [-0.2, 0) is 4.79 Å². The van der Waals surface area contributed by atoms with Gasteiger partial charge in [0.05, 0.1) is 12.2 Å². The monoisotopic (exact) mass is 362 g/mol. The van der Waals surface area contributed by atoms with Gasteiger partial charge in [0.1, 0.15) is 5.82 Å². The lowest BCUT2D eigenvalue weighted by Gasteiger charge is -2.14. The van der Waals surface area contributed by atoms with Crippen LogP contribution in [0.15, 0.2) is 36.5 Å². The molecule has 0 aliphatic rings. The number of hydrogen-bond donors (Lipinski definition) is 2. The van der Waals surface area contributed by atoms with Gasteiger partial charge < -0.3 is 10.6 Å². The Labute approximate surface area is 152 Å². The van der Waals surface area contributed by atoms with E-state index in [0.717, 1.165) is 6.42 Å². The van der Waals surface area contributed by atoms with E-state index in [0.29, 0.717) is 35.8 Å². The number of nitrogens with zero attached hydrogens (tertiary/aromatic N) is 2. The highest BCUT2D eigenvalue weighted by atomic mass is 35.5.